The van der Waals surface area contributed by atoms with Gasteiger partial charge in [-0.05, 0) is 24.3 Å². The molecule has 1 saturated carbocycles. The summed E-state index contributed by atoms with van der Waals surface area (Å²) >= 11 is 1.20. The first kappa shape index (κ1) is 18.1. The fraction of sp³-hybridized carbons (Fsp3) is 0.500. The highest BCUT2D eigenvalue weighted by atomic mass is 32.1. The second-order valence-corrected chi connectivity index (χ2v) is 6.52. The molecule has 1 aliphatic rings. The van der Waals surface area contributed by atoms with Gasteiger partial charge in [0.15, 0.2) is 6.61 Å². The number of rotatable bonds is 6. The molecule has 1 aromatic rings. The number of carbonyl (C=O) groups excluding carboxylic acids is 4. The molecule has 0 radical (unpaired) electrons. The molecule has 2 rings (SSSR count). The lowest BCUT2D eigenvalue weighted by Crippen LogP contribution is -2.38. The zero-order valence-corrected chi connectivity index (χ0v) is 14.0. The number of imide groups is 1. The van der Waals surface area contributed by atoms with Gasteiger partial charge in [-0.25, -0.2) is 0 Å². The standard InChI is InChI=1S/C16H20N2O5S/c19-13(18-16(22)12-7-4-8-24-12)10-23-14(20)9-17-15(21)11-5-2-1-3-6-11/h4,7-8,11H,1-3,5-6,9-10H2,(H,17,21)(H,18,19,22). The van der Waals surface area contributed by atoms with Gasteiger partial charge in [-0.15, -0.1) is 11.3 Å². The number of esters is 1. The molecule has 0 bridgehead atoms. The Morgan fingerprint density at radius 1 is 1.17 bits per heavy atom. The minimum absolute atomic E-state index is 0.0433. The summed E-state index contributed by atoms with van der Waals surface area (Å²) in [6.07, 6.45) is 4.88. The van der Waals surface area contributed by atoms with Crippen LogP contribution in [0, 0.1) is 5.92 Å². The van der Waals surface area contributed by atoms with Crippen LogP contribution in [0.15, 0.2) is 17.5 Å². The molecule has 24 heavy (non-hydrogen) atoms. The average molecular weight is 352 g/mol. The van der Waals surface area contributed by atoms with Crippen LogP contribution in [0.3, 0.4) is 0 Å². The summed E-state index contributed by atoms with van der Waals surface area (Å²) < 4.78 is 4.75. The Kier molecular flexibility index (Phi) is 6.92. The van der Waals surface area contributed by atoms with E-state index in [0.717, 1.165) is 32.1 Å². The molecule has 1 aromatic heterocycles. The van der Waals surface area contributed by atoms with E-state index in [1.54, 1.807) is 17.5 Å². The highest BCUT2D eigenvalue weighted by Crippen LogP contribution is 2.23. The van der Waals surface area contributed by atoms with Crippen LogP contribution in [0.1, 0.15) is 41.8 Å². The first-order valence-corrected chi connectivity index (χ1v) is 8.75. The first-order chi connectivity index (χ1) is 11.6. The third kappa shape index (κ3) is 5.77. The molecule has 0 unspecified atom stereocenters. The number of carbonyl (C=O) groups is 4. The van der Waals surface area contributed by atoms with Gasteiger partial charge in [0.05, 0.1) is 4.88 Å². The van der Waals surface area contributed by atoms with Gasteiger partial charge in [0, 0.05) is 5.92 Å². The predicted molar refractivity (Wildman–Crippen MR) is 87.3 cm³/mol. The van der Waals surface area contributed by atoms with Crippen molar-refractivity contribution in [3.05, 3.63) is 22.4 Å². The van der Waals surface area contributed by atoms with E-state index in [9.17, 15) is 19.2 Å². The zero-order chi connectivity index (χ0) is 17.4. The van der Waals surface area contributed by atoms with Gasteiger partial charge in [-0.3, -0.25) is 24.5 Å². The lowest BCUT2D eigenvalue weighted by molar-refractivity contribution is -0.148. The van der Waals surface area contributed by atoms with Crippen molar-refractivity contribution in [3.63, 3.8) is 0 Å². The van der Waals surface area contributed by atoms with Crippen molar-refractivity contribution >= 4 is 35.0 Å². The van der Waals surface area contributed by atoms with E-state index in [0.29, 0.717) is 4.88 Å². The third-order valence-corrected chi connectivity index (χ3v) is 4.61. The lowest BCUT2D eigenvalue weighted by Gasteiger charge is -2.20. The molecule has 1 aliphatic carbocycles. The summed E-state index contributed by atoms with van der Waals surface area (Å²) in [5.74, 6) is -2.14. The van der Waals surface area contributed by atoms with Crippen LogP contribution < -0.4 is 10.6 Å². The number of nitrogens with one attached hydrogen (secondary N) is 2. The van der Waals surface area contributed by atoms with E-state index in [1.165, 1.54) is 11.3 Å². The van der Waals surface area contributed by atoms with Gasteiger partial charge in [-0.2, -0.15) is 0 Å². The molecule has 0 spiro atoms. The van der Waals surface area contributed by atoms with Crippen LogP contribution in [-0.4, -0.2) is 36.8 Å². The highest BCUT2D eigenvalue weighted by Gasteiger charge is 2.21. The maximum absolute atomic E-state index is 11.9. The summed E-state index contributed by atoms with van der Waals surface area (Å²) in [5, 5.41) is 6.37. The molecule has 130 valence electrons. The molecule has 8 heteroatoms. The highest BCUT2D eigenvalue weighted by molar-refractivity contribution is 7.12. The molecule has 1 fully saturated rings. The second kappa shape index (κ2) is 9.17. The topological polar surface area (TPSA) is 102 Å². The molecule has 0 aliphatic heterocycles. The summed E-state index contributed by atoms with van der Waals surface area (Å²) in [5.41, 5.74) is 0. The maximum atomic E-state index is 11.9. The van der Waals surface area contributed by atoms with Crippen molar-refractivity contribution in [3.8, 4) is 0 Å². The summed E-state index contributed by atoms with van der Waals surface area (Å²) in [6, 6.07) is 3.28. The quantitative estimate of drug-likeness (QED) is 0.750. The number of ether oxygens (including phenoxy) is 1. The van der Waals surface area contributed by atoms with E-state index in [2.05, 4.69) is 10.6 Å². The Balaban J connectivity index is 1.62. The molecule has 3 amide bonds. The van der Waals surface area contributed by atoms with Crippen molar-refractivity contribution in [1.29, 1.82) is 0 Å². The van der Waals surface area contributed by atoms with E-state index in [-0.39, 0.29) is 18.4 Å². The Morgan fingerprint density at radius 2 is 1.92 bits per heavy atom. The lowest BCUT2D eigenvalue weighted by atomic mass is 9.89. The normalized spacial score (nSPS) is 14.7. The van der Waals surface area contributed by atoms with Crippen LogP contribution in [0.5, 0.6) is 0 Å². The number of hydrogen-bond acceptors (Lipinski definition) is 6. The van der Waals surface area contributed by atoms with Crippen molar-refractivity contribution in [1.82, 2.24) is 10.6 Å². The second-order valence-electron chi connectivity index (χ2n) is 5.57. The number of amides is 3. The molecule has 0 aromatic carbocycles. The Labute approximate surface area is 143 Å². The maximum Gasteiger partial charge on any atom is 0.325 e. The minimum Gasteiger partial charge on any atom is -0.454 e. The predicted octanol–water partition coefficient (Wildman–Crippen LogP) is 1.24. The van der Waals surface area contributed by atoms with E-state index in [4.69, 9.17) is 4.74 Å². The molecule has 0 atom stereocenters. The summed E-state index contributed by atoms with van der Waals surface area (Å²) in [6.45, 7) is -0.837. The molecule has 0 saturated heterocycles. The Hall–Kier alpha value is -2.22. The van der Waals surface area contributed by atoms with Crippen molar-refractivity contribution in [2.75, 3.05) is 13.2 Å². The van der Waals surface area contributed by atoms with Gasteiger partial charge < -0.3 is 10.1 Å². The average Bonchev–Trinajstić information content (AvgIpc) is 3.13. The number of thiophene rings is 1. The van der Waals surface area contributed by atoms with Crippen LogP contribution in [0.4, 0.5) is 0 Å². The van der Waals surface area contributed by atoms with Crippen molar-refractivity contribution in [2.24, 2.45) is 5.92 Å². The van der Waals surface area contributed by atoms with Gasteiger partial charge >= 0.3 is 5.97 Å². The van der Waals surface area contributed by atoms with Gasteiger partial charge in [0.2, 0.25) is 5.91 Å². The van der Waals surface area contributed by atoms with Crippen molar-refractivity contribution < 1.29 is 23.9 Å². The van der Waals surface area contributed by atoms with Gasteiger partial charge in [0.25, 0.3) is 11.8 Å². The monoisotopic (exact) mass is 352 g/mol. The first-order valence-electron chi connectivity index (χ1n) is 7.87. The van der Waals surface area contributed by atoms with E-state index >= 15 is 0 Å². The minimum atomic E-state index is -0.710. The van der Waals surface area contributed by atoms with Crippen molar-refractivity contribution in [2.45, 2.75) is 32.1 Å². The molecular formula is C16H20N2O5S. The van der Waals surface area contributed by atoms with Crippen LogP contribution in [0.25, 0.3) is 0 Å². The summed E-state index contributed by atoms with van der Waals surface area (Å²) in [7, 11) is 0. The smallest absolute Gasteiger partial charge is 0.325 e. The molecule has 2 N–H and O–H groups in total. The van der Waals surface area contributed by atoms with E-state index < -0.39 is 24.4 Å². The van der Waals surface area contributed by atoms with Crippen LogP contribution in [0.2, 0.25) is 0 Å². The molecule has 7 nitrogen and oxygen atoms in total. The largest absolute Gasteiger partial charge is 0.454 e. The van der Waals surface area contributed by atoms with Crippen LogP contribution in [-0.2, 0) is 19.1 Å². The molecular weight excluding hydrogens is 332 g/mol. The van der Waals surface area contributed by atoms with Gasteiger partial charge in [0.1, 0.15) is 6.54 Å². The zero-order valence-electron chi connectivity index (χ0n) is 13.2. The Bertz CT molecular complexity index is 594. The third-order valence-electron chi connectivity index (χ3n) is 3.75. The van der Waals surface area contributed by atoms with Crippen LogP contribution >= 0.6 is 11.3 Å². The Morgan fingerprint density at radius 3 is 2.58 bits per heavy atom. The SMILES string of the molecule is O=C(COC(=O)CNC(=O)C1CCCCC1)NC(=O)c1cccs1. The fourth-order valence-corrected chi connectivity index (χ4v) is 3.12. The molecule has 1 heterocycles. The van der Waals surface area contributed by atoms with Gasteiger partial charge in [-0.1, -0.05) is 25.3 Å². The van der Waals surface area contributed by atoms with E-state index in [1.807, 2.05) is 0 Å². The fourth-order valence-electron chi connectivity index (χ4n) is 2.50. The summed E-state index contributed by atoms with van der Waals surface area (Å²) in [4.78, 5) is 47.0. The number of hydrogen-bond donors (Lipinski definition) is 2.